The van der Waals surface area contributed by atoms with Crippen LogP contribution in [0.25, 0.3) is 0 Å². The van der Waals surface area contributed by atoms with Crippen molar-refractivity contribution < 1.29 is 14.2 Å². The molecule has 0 aliphatic heterocycles. The van der Waals surface area contributed by atoms with Crippen LogP contribution in [0, 0.1) is 12.7 Å². The summed E-state index contributed by atoms with van der Waals surface area (Å²) in [5.41, 5.74) is 1.04. The molecule has 1 heterocycles. The lowest BCUT2D eigenvalue weighted by Gasteiger charge is -2.10. The van der Waals surface area contributed by atoms with Crippen LogP contribution in [0.3, 0.4) is 0 Å². The molecule has 0 fully saturated rings. The van der Waals surface area contributed by atoms with E-state index in [1.807, 2.05) is 12.1 Å². The van der Waals surface area contributed by atoms with Crippen LogP contribution in [0.5, 0.6) is 11.6 Å². The number of halogens is 1. The van der Waals surface area contributed by atoms with E-state index in [0.29, 0.717) is 12.2 Å². The highest BCUT2D eigenvalue weighted by Crippen LogP contribution is 2.26. The Bertz CT molecular complexity index is 546. The van der Waals surface area contributed by atoms with Gasteiger partial charge < -0.3 is 9.84 Å². The summed E-state index contributed by atoms with van der Waals surface area (Å²) in [7, 11) is 0. The molecule has 0 spiro atoms. The monoisotopic (exact) mass is 248 g/mol. The minimum atomic E-state index is -0.573. The maximum Gasteiger partial charge on any atom is 0.259 e. The van der Waals surface area contributed by atoms with Gasteiger partial charge in [0.15, 0.2) is 0 Å². The molecule has 0 aliphatic carbocycles. The first-order chi connectivity index (χ1) is 8.72. The van der Waals surface area contributed by atoms with Crippen molar-refractivity contribution in [2.75, 3.05) is 6.61 Å². The number of hydrogen-bond acceptors (Lipinski definition) is 4. The number of aliphatic hydroxyl groups excluding tert-OH is 1. The molecule has 2 rings (SSSR count). The number of nitrogens with zero attached hydrogens (tertiary/aromatic N) is 2. The van der Waals surface area contributed by atoms with Gasteiger partial charge in [-0.05, 0) is 25.0 Å². The van der Waals surface area contributed by atoms with Gasteiger partial charge in [0.25, 0.3) is 5.88 Å². The molecular formula is C13H13FN2O2. The van der Waals surface area contributed by atoms with Crippen molar-refractivity contribution >= 4 is 0 Å². The lowest BCUT2D eigenvalue weighted by atomic mass is 10.1. The van der Waals surface area contributed by atoms with Crippen LogP contribution in [0.4, 0.5) is 4.39 Å². The summed E-state index contributed by atoms with van der Waals surface area (Å²) in [5.74, 6) is -0.187. The summed E-state index contributed by atoms with van der Waals surface area (Å²) in [6.07, 6.45) is 1.70. The van der Waals surface area contributed by atoms with Crippen molar-refractivity contribution in [2.45, 2.75) is 13.3 Å². The van der Waals surface area contributed by atoms with E-state index in [1.54, 1.807) is 19.1 Å². The van der Waals surface area contributed by atoms with E-state index in [4.69, 9.17) is 9.84 Å². The zero-order chi connectivity index (χ0) is 13.0. The molecule has 0 aliphatic rings. The minimum absolute atomic E-state index is 0.00561. The number of para-hydroxylation sites is 1. The van der Waals surface area contributed by atoms with Crippen LogP contribution in [0.1, 0.15) is 11.3 Å². The molecule has 2 aromatic rings. The predicted molar refractivity (Wildman–Crippen MR) is 64.0 cm³/mol. The number of aliphatic hydroxyl groups is 1. The van der Waals surface area contributed by atoms with Gasteiger partial charge in [-0.2, -0.15) is 9.37 Å². The smallest absolute Gasteiger partial charge is 0.259 e. The molecule has 18 heavy (non-hydrogen) atoms. The second-order valence-electron chi connectivity index (χ2n) is 3.76. The number of aromatic nitrogens is 2. The molecule has 0 unspecified atom stereocenters. The normalized spacial score (nSPS) is 10.4. The van der Waals surface area contributed by atoms with Crippen molar-refractivity contribution in [1.29, 1.82) is 0 Å². The predicted octanol–water partition coefficient (Wildman–Crippen LogP) is 2.25. The lowest BCUT2D eigenvalue weighted by Crippen LogP contribution is -2.00. The summed E-state index contributed by atoms with van der Waals surface area (Å²) in [6, 6.07) is 7.14. The number of hydrogen-bond donors (Lipinski definition) is 1. The Morgan fingerprint density at radius 3 is 2.83 bits per heavy atom. The molecule has 1 aromatic carbocycles. The van der Waals surface area contributed by atoms with Crippen molar-refractivity contribution in [3.05, 3.63) is 47.7 Å². The summed E-state index contributed by atoms with van der Waals surface area (Å²) in [4.78, 5) is 7.50. The van der Waals surface area contributed by atoms with Crippen molar-refractivity contribution in [3.63, 3.8) is 0 Å². The SMILES string of the molecule is Cc1ncnc(Oc2ccccc2CCO)c1F. The van der Waals surface area contributed by atoms with Gasteiger partial charge in [0.2, 0.25) is 5.82 Å². The van der Waals surface area contributed by atoms with E-state index in [-0.39, 0.29) is 18.2 Å². The molecule has 0 radical (unpaired) electrons. The molecule has 0 bridgehead atoms. The van der Waals surface area contributed by atoms with E-state index in [9.17, 15) is 4.39 Å². The minimum Gasteiger partial charge on any atom is -0.436 e. The quantitative estimate of drug-likeness (QED) is 0.901. The van der Waals surface area contributed by atoms with Crippen LogP contribution < -0.4 is 4.74 Å². The van der Waals surface area contributed by atoms with Gasteiger partial charge in [-0.25, -0.2) is 4.98 Å². The fourth-order valence-electron chi connectivity index (χ4n) is 1.54. The molecule has 4 nitrogen and oxygen atoms in total. The van der Waals surface area contributed by atoms with E-state index in [0.717, 1.165) is 5.56 Å². The van der Waals surface area contributed by atoms with Crippen molar-refractivity contribution in [3.8, 4) is 11.6 Å². The van der Waals surface area contributed by atoms with Gasteiger partial charge in [-0.3, -0.25) is 0 Å². The highest BCUT2D eigenvalue weighted by atomic mass is 19.1. The van der Waals surface area contributed by atoms with Gasteiger partial charge in [0, 0.05) is 6.61 Å². The largest absolute Gasteiger partial charge is 0.436 e. The first-order valence-electron chi connectivity index (χ1n) is 5.56. The van der Waals surface area contributed by atoms with Crippen molar-refractivity contribution in [1.82, 2.24) is 9.97 Å². The average molecular weight is 248 g/mol. The molecule has 94 valence electrons. The maximum atomic E-state index is 13.7. The first kappa shape index (κ1) is 12.4. The van der Waals surface area contributed by atoms with E-state index >= 15 is 0 Å². The topological polar surface area (TPSA) is 55.2 Å². The Labute approximate surface area is 104 Å². The van der Waals surface area contributed by atoms with Crippen LogP contribution in [0.15, 0.2) is 30.6 Å². The number of ether oxygens (including phenoxy) is 1. The third-order valence-electron chi connectivity index (χ3n) is 2.49. The number of benzene rings is 1. The highest BCUT2D eigenvalue weighted by Gasteiger charge is 2.11. The molecule has 0 saturated carbocycles. The van der Waals surface area contributed by atoms with Crippen LogP contribution in [-0.2, 0) is 6.42 Å². The fraction of sp³-hybridized carbons (Fsp3) is 0.231. The van der Waals surface area contributed by atoms with Gasteiger partial charge >= 0.3 is 0 Å². The third-order valence-corrected chi connectivity index (χ3v) is 2.49. The zero-order valence-corrected chi connectivity index (χ0v) is 9.93. The van der Waals surface area contributed by atoms with E-state index in [2.05, 4.69) is 9.97 Å². The standard InChI is InChI=1S/C13H13FN2O2/c1-9-12(14)13(16-8-15-9)18-11-5-3-2-4-10(11)6-7-17/h2-5,8,17H,6-7H2,1H3. The first-order valence-corrected chi connectivity index (χ1v) is 5.56. The molecule has 1 aromatic heterocycles. The van der Waals surface area contributed by atoms with Crippen LogP contribution >= 0.6 is 0 Å². The average Bonchev–Trinajstić information content (AvgIpc) is 2.37. The summed E-state index contributed by atoms with van der Waals surface area (Å²) >= 11 is 0. The summed E-state index contributed by atoms with van der Waals surface area (Å²) < 4.78 is 19.1. The van der Waals surface area contributed by atoms with Crippen molar-refractivity contribution in [2.24, 2.45) is 0 Å². The Balaban J connectivity index is 2.31. The maximum absolute atomic E-state index is 13.7. The molecule has 0 atom stereocenters. The second kappa shape index (κ2) is 5.55. The second-order valence-corrected chi connectivity index (χ2v) is 3.76. The zero-order valence-electron chi connectivity index (χ0n) is 9.93. The molecule has 5 heteroatoms. The molecule has 0 amide bonds. The Morgan fingerprint density at radius 1 is 1.28 bits per heavy atom. The van der Waals surface area contributed by atoms with E-state index < -0.39 is 5.82 Å². The fourth-order valence-corrected chi connectivity index (χ4v) is 1.54. The van der Waals surface area contributed by atoms with Gasteiger partial charge in [-0.1, -0.05) is 18.2 Å². The third kappa shape index (κ3) is 2.62. The Morgan fingerprint density at radius 2 is 2.06 bits per heavy atom. The molecular weight excluding hydrogens is 235 g/mol. The van der Waals surface area contributed by atoms with Crippen LogP contribution in [0.2, 0.25) is 0 Å². The Kier molecular flexibility index (Phi) is 3.84. The van der Waals surface area contributed by atoms with Gasteiger partial charge in [0.1, 0.15) is 12.1 Å². The van der Waals surface area contributed by atoms with E-state index in [1.165, 1.54) is 6.33 Å². The highest BCUT2D eigenvalue weighted by molar-refractivity contribution is 5.36. The van der Waals surface area contributed by atoms with Crippen LogP contribution in [-0.4, -0.2) is 21.7 Å². The molecule has 1 N–H and O–H groups in total. The number of rotatable bonds is 4. The lowest BCUT2D eigenvalue weighted by molar-refractivity contribution is 0.297. The van der Waals surface area contributed by atoms with Gasteiger partial charge in [-0.15, -0.1) is 0 Å². The summed E-state index contributed by atoms with van der Waals surface area (Å²) in [5, 5.41) is 8.95. The Hall–Kier alpha value is -2.01. The summed E-state index contributed by atoms with van der Waals surface area (Å²) in [6.45, 7) is 1.55. The number of aryl methyl sites for hydroxylation is 1. The molecule has 0 saturated heterocycles. The van der Waals surface area contributed by atoms with Gasteiger partial charge in [0.05, 0.1) is 5.69 Å².